The number of aromatic nitrogens is 2. The Morgan fingerprint density at radius 1 is 0.884 bits per heavy atom. The first kappa shape index (κ1) is 27.3. The molecule has 0 aliphatic carbocycles. The van der Waals surface area contributed by atoms with Crippen LogP contribution in [0.4, 0.5) is 19.0 Å². The number of rotatable bonds is 5. The van der Waals surface area contributed by atoms with Crippen molar-refractivity contribution in [2.24, 2.45) is 0 Å². The van der Waals surface area contributed by atoms with Gasteiger partial charge >= 0.3 is 6.18 Å². The molecule has 2 atom stereocenters. The van der Waals surface area contributed by atoms with Gasteiger partial charge in [-0.15, -0.1) is 0 Å². The van der Waals surface area contributed by atoms with Crippen LogP contribution in [-0.2, 0) is 0 Å². The van der Waals surface area contributed by atoms with Crippen molar-refractivity contribution in [3.05, 3.63) is 107 Å². The lowest BCUT2D eigenvalue weighted by Gasteiger charge is -2.40. The number of hydrogen-bond donors (Lipinski definition) is 1. The van der Waals surface area contributed by atoms with Crippen molar-refractivity contribution in [3.8, 4) is 11.5 Å². The van der Waals surface area contributed by atoms with E-state index in [0.29, 0.717) is 43.2 Å². The summed E-state index contributed by atoms with van der Waals surface area (Å²) < 4.78 is 54.5. The molecule has 3 aliphatic rings. The summed E-state index contributed by atoms with van der Waals surface area (Å²) in [7, 11) is 0. The topological polar surface area (TPSA) is 71.9 Å². The number of fused-ring (bicyclic) bond motifs is 2. The fourth-order valence-electron chi connectivity index (χ4n) is 6.31. The first-order valence-electron chi connectivity index (χ1n) is 14.3. The Labute approximate surface area is 246 Å². The van der Waals surface area contributed by atoms with Crippen molar-refractivity contribution in [2.45, 2.75) is 30.7 Å². The van der Waals surface area contributed by atoms with Gasteiger partial charge in [-0.05, 0) is 28.8 Å². The van der Waals surface area contributed by atoms with Gasteiger partial charge in [0.15, 0.2) is 17.5 Å². The summed E-state index contributed by atoms with van der Waals surface area (Å²) in [6, 6.07) is 23.0. The molecule has 3 aromatic carbocycles. The van der Waals surface area contributed by atoms with E-state index in [1.807, 2.05) is 36.4 Å². The van der Waals surface area contributed by atoms with E-state index in [4.69, 9.17) is 9.47 Å². The third-order valence-corrected chi connectivity index (χ3v) is 8.47. The van der Waals surface area contributed by atoms with E-state index in [9.17, 15) is 18.0 Å². The van der Waals surface area contributed by atoms with Crippen molar-refractivity contribution in [2.75, 3.05) is 38.3 Å². The Balaban J connectivity index is 1.12. The first-order valence-corrected chi connectivity index (χ1v) is 14.3. The quantitative estimate of drug-likeness (QED) is 0.317. The van der Waals surface area contributed by atoms with Crippen LogP contribution in [0.1, 0.15) is 51.6 Å². The molecule has 1 fully saturated rings. The van der Waals surface area contributed by atoms with E-state index >= 15 is 0 Å². The molecule has 4 aromatic rings. The van der Waals surface area contributed by atoms with Gasteiger partial charge in [-0.1, -0.05) is 66.7 Å². The van der Waals surface area contributed by atoms with Crippen LogP contribution >= 0.6 is 0 Å². The third-order valence-electron chi connectivity index (χ3n) is 8.47. The van der Waals surface area contributed by atoms with Crippen LogP contribution < -0.4 is 14.8 Å². The van der Waals surface area contributed by atoms with Gasteiger partial charge in [0.05, 0.1) is 18.3 Å². The zero-order chi connectivity index (χ0) is 29.6. The highest BCUT2D eigenvalue weighted by molar-refractivity contribution is 5.99. The molecule has 1 saturated heterocycles. The number of piperazine rings is 1. The van der Waals surface area contributed by atoms with E-state index in [1.54, 1.807) is 23.1 Å². The Kier molecular flexibility index (Phi) is 6.97. The number of hydrogen-bond acceptors (Lipinski definition) is 6. The van der Waals surface area contributed by atoms with Crippen LogP contribution in [0.25, 0.3) is 0 Å². The number of carbonyl (C=O) groups is 1. The average Bonchev–Trinajstić information content (AvgIpc) is 3.68. The molecule has 1 N–H and O–H groups in total. The van der Waals surface area contributed by atoms with Crippen LogP contribution in [0, 0.1) is 0 Å². The van der Waals surface area contributed by atoms with Crippen LogP contribution in [0.3, 0.4) is 0 Å². The zero-order valence-electron chi connectivity index (χ0n) is 23.2. The number of nitrogens with zero attached hydrogens (tertiary/aromatic N) is 4. The van der Waals surface area contributed by atoms with Gasteiger partial charge in [-0.3, -0.25) is 9.69 Å². The Bertz CT molecular complexity index is 1560. The number of benzene rings is 3. The Hall–Kier alpha value is -4.51. The summed E-state index contributed by atoms with van der Waals surface area (Å²) in [6.45, 7) is 2.17. The summed E-state index contributed by atoms with van der Waals surface area (Å²) in [6.07, 6.45) is -3.56. The smallest absolute Gasteiger partial charge is 0.410 e. The maximum atomic E-state index is 14.3. The van der Waals surface area contributed by atoms with Gasteiger partial charge in [0.2, 0.25) is 6.79 Å². The maximum Gasteiger partial charge on any atom is 0.410 e. The molecule has 3 aliphatic heterocycles. The predicted molar refractivity (Wildman–Crippen MR) is 153 cm³/mol. The number of ether oxygens (including phenoxy) is 2. The second-order valence-electron chi connectivity index (χ2n) is 11.0. The molecule has 0 bridgehead atoms. The standard InChI is InChI=1S/C32H30F3N5O3/c33-32(34,35)28-18-25(23-11-12-26-27(17-23)43-20-42-26)37-30-24(19-36-40(28)30)31(41)39-15-13-38(14-16-39)29(21-7-3-1-4-8-21)22-9-5-2-6-10-22/h1-12,17,19,25,28-29,37H,13-16,18,20H2/t25-,28+/m1/s1. The molecule has 0 spiro atoms. The minimum Gasteiger partial charge on any atom is -0.454 e. The van der Waals surface area contributed by atoms with Gasteiger partial charge in [0, 0.05) is 32.6 Å². The summed E-state index contributed by atoms with van der Waals surface area (Å²) in [5, 5.41) is 7.25. The van der Waals surface area contributed by atoms with Crippen molar-refractivity contribution in [3.63, 3.8) is 0 Å². The second-order valence-corrected chi connectivity index (χ2v) is 11.0. The third kappa shape index (κ3) is 5.18. The largest absolute Gasteiger partial charge is 0.454 e. The summed E-state index contributed by atoms with van der Waals surface area (Å²) in [5.74, 6) is 0.779. The Morgan fingerprint density at radius 2 is 1.53 bits per heavy atom. The number of amides is 1. The highest BCUT2D eigenvalue weighted by Crippen LogP contribution is 2.46. The molecule has 1 aromatic heterocycles. The molecule has 0 saturated carbocycles. The number of carbonyl (C=O) groups excluding carboxylic acids is 1. The molecule has 43 heavy (non-hydrogen) atoms. The van der Waals surface area contributed by atoms with Crippen LogP contribution in [0.15, 0.2) is 85.1 Å². The van der Waals surface area contributed by atoms with Crippen LogP contribution in [0.2, 0.25) is 0 Å². The molecule has 4 heterocycles. The molecule has 7 rings (SSSR count). The number of nitrogens with one attached hydrogen (secondary N) is 1. The first-order chi connectivity index (χ1) is 20.9. The van der Waals surface area contributed by atoms with E-state index in [-0.39, 0.29) is 36.5 Å². The summed E-state index contributed by atoms with van der Waals surface area (Å²) in [4.78, 5) is 17.8. The van der Waals surface area contributed by atoms with Gasteiger partial charge in [0.1, 0.15) is 11.4 Å². The highest BCUT2D eigenvalue weighted by Gasteiger charge is 2.47. The van der Waals surface area contributed by atoms with Crippen molar-refractivity contribution < 1.29 is 27.4 Å². The molecule has 8 nitrogen and oxygen atoms in total. The van der Waals surface area contributed by atoms with Gasteiger partial charge < -0.3 is 19.7 Å². The van der Waals surface area contributed by atoms with Crippen molar-refractivity contribution >= 4 is 11.7 Å². The van der Waals surface area contributed by atoms with Crippen molar-refractivity contribution in [1.29, 1.82) is 0 Å². The normalized spacial score (nSPS) is 20.1. The molecule has 222 valence electrons. The minimum atomic E-state index is -4.55. The van der Waals surface area contributed by atoms with E-state index in [2.05, 4.69) is 39.6 Å². The van der Waals surface area contributed by atoms with Crippen LogP contribution in [-0.4, -0.2) is 64.6 Å². The van der Waals surface area contributed by atoms with E-state index in [0.717, 1.165) is 15.8 Å². The molecular formula is C32H30F3N5O3. The second kappa shape index (κ2) is 11.0. The lowest BCUT2D eigenvalue weighted by Crippen LogP contribution is -2.50. The zero-order valence-corrected chi connectivity index (χ0v) is 23.2. The summed E-state index contributed by atoms with van der Waals surface area (Å²) in [5.41, 5.74) is 3.08. The fourth-order valence-corrected chi connectivity index (χ4v) is 6.31. The molecule has 0 radical (unpaired) electrons. The van der Waals surface area contributed by atoms with E-state index in [1.165, 1.54) is 6.20 Å². The molecule has 1 amide bonds. The number of alkyl halides is 3. The lowest BCUT2D eigenvalue weighted by atomic mass is 9.96. The maximum absolute atomic E-state index is 14.3. The van der Waals surface area contributed by atoms with Crippen molar-refractivity contribution in [1.82, 2.24) is 19.6 Å². The number of anilines is 1. The molecule has 11 heteroatoms. The van der Waals surface area contributed by atoms with Crippen LogP contribution in [0.5, 0.6) is 11.5 Å². The monoisotopic (exact) mass is 589 g/mol. The summed E-state index contributed by atoms with van der Waals surface area (Å²) >= 11 is 0. The highest BCUT2D eigenvalue weighted by atomic mass is 19.4. The number of halogens is 3. The molecular weight excluding hydrogens is 559 g/mol. The van der Waals surface area contributed by atoms with Gasteiger partial charge in [0.25, 0.3) is 5.91 Å². The fraction of sp³-hybridized carbons (Fsp3) is 0.312. The minimum absolute atomic E-state index is 0.0280. The average molecular weight is 590 g/mol. The Morgan fingerprint density at radius 3 is 2.19 bits per heavy atom. The van der Waals surface area contributed by atoms with Gasteiger partial charge in [-0.2, -0.15) is 18.3 Å². The van der Waals surface area contributed by atoms with Gasteiger partial charge in [-0.25, -0.2) is 4.68 Å². The predicted octanol–water partition coefficient (Wildman–Crippen LogP) is 5.82. The van der Waals surface area contributed by atoms with E-state index < -0.39 is 18.3 Å². The lowest BCUT2D eigenvalue weighted by molar-refractivity contribution is -0.173. The molecule has 0 unspecified atom stereocenters. The SMILES string of the molecule is O=C(c1cnn2c1N[C@@H](c1ccc3c(c1)OCO3)C[C@H]2C(F)(F)F)N1CCN(C(c2ccccc2)c2ccccc2)CC1.